The fourth-order valence-corrected chi connectivity index (χ4v) is 1.94. The van der Waals surface area contributed by atoms with E-state index >= 15 is 0 Å². The first-order valence-corrected chi connectivity index (χ1v) is 6.79. The molecule has 0 unspecified atom stereocenters. The van der Waals surface area contributed by atoms with Gasteiger partial charge in [-0.05, 0) is 25.7 Å². The van der Waals surface area contributed by atoms with Gasteiger partial charge < -0.3 is 15.2 Å². The highest BCUT2D eigenvalue weighted by molar-refractivity contribution is 5.95. The van der Waals surface area contributed by atoms with Crippen LogP contribution in [0.5, 0.6) is 0 Å². The average Bonchev–Trinajstić information content (AvgIpc) is 2.48. The van der Waals surface area contributed by atoms with E-state index < -0.39 is 0 Å². The second kappa shape index (κ2) is 6.85. The van der Waals surface area contributed by atoms with Gasteiger partial charge in [-0.25, -0.2) is 0 Å². The van der Waals surface area contributed by atoms with Crippen LogP contribution in [0.15, 0.2) is 47.4 Å². The number of pyridine rings is 1. The number of aromatic nitrogens is 1. The molecule has 0 spiro atoms. The van der Waals surface area contributed by atoms with Crippen LogP contribution in [0.2, 0.25) is 0 Å². The molecule has 0 aliphatic carbocycles. The van der Waals surface area contributed by atoms with Crippen molar-refractivity contribution in [1.82, 2.24) is 15.2 Å². The number of amides is 1. The molecule has 1 heterocycles. The van der Waals surface area contributed by atoms with E-state index in [4.69, 9.17) is 0 Å². The summed E-state index contributed by atoms with van der Waals surface area (Å²) in [7, 11) is 3.89. The van der Waals surface area contributed by atoms with Gasteiger partial charge in [-0.3, -0.25) is 9.59 Å². The molecule has 1 aromatic carbocycles. The minimum absolute atomic E-state index is 0.190. The molecule has 1 amide bonds. The Morgan fingerprint density at radius 3 is 2.62 bits per heavy atom. The highest BCUT2D eigenvalue weighted by Gasteiger charge is 2.10. The highest BCUT2D eigenvalue weighted by atomic mass is 16.1. The molecule has 0 saturated carbocycles. The van der Waals surface area contributed by atoms with Crippen LogP contribution in [0.1, 0.15) is 10.4 Å². The summed E-state index contributed by atoms with van der Waals surface area (Å²) < 4.78 is 0. The van der Waals surface area contributed by atoms with Gasteiger partial charge in [0.1, 0.15) is 0 Å². The minimum atomic E-state index is -0.203. The summed E-state index contributed by atoms with van der Waals surface area (Å²) in [4.78, 5) is 28.6. The van der Waals surface area contributed by atoms with Crippen LogP contribution < -0.4 is 10.9 Å². The van der Waals surface area contributed by atoms with Crippen LogP contribution in [-0.4, -0.2) is 43.0 Å². The lowest BCUT2D eigenvalue weighted by Gasteiger charge is -2.10. The predicted octanol–water partition coefficient (Wildman–Crippen LogP) is 1.33. The van der Waals surface area contributed by atoms with Gasteiger partial charge in [0.05, 0.1) is 5.56 Å². The Hall–Kier alpha value is -2.40. The Morgan fingerprint density at radius 1 is 1.24 bits per heavy atom. The van der Waals surface area contributed by atoms with Crippen molar-refractivity contribution < 1.29 is 4.79 Å². The molecule has 0 saturated heterocycles. The van der Waals surface area contributed by atoms with Crippen molar-refractivity contribution in [2.24, 2.45) is 0 Å². The summed E-state index contributed by atoms with van der Waals surface area (Å²) in [5.74, 6) is -0.190. The minimum Gasteiger partial charge on any atom is -0.351 e. The van der Waals surface area contributed by atoms with Crippen LogP contribution in [0.3, 0.4) is 0 Å². The first-order valence-electron chi connectivity index (χ1n) is 6.79. The number of carbonyl (C=O) groups excluding carboxylic acids is 1. The number of likely N-dealkylation sites (N-methyl/N-ethyl adjacent to an activating group) is 1. The SMILES string of the molecule is CN(C)CCNC(=O)c1c[nH]c(=O)c(-c2ccccc2)c1. The van der Waals surface area contributed by atoms with Crippen LogP contribution in [0, 0.1) is 0 Å². The van der Waals surface area contributed by atoms with Gasteiger partial charge in [0, 0.05) is 24.8 Å². The third kappa shape index (κ3) is 4.03. The van der Waals surface area contributed by atoms with Crippen molar-refractivity contribution in [3.63, 3.8) is 0 Å². The van der Waals surface area contributed by atoms with Crippen LogP contribution in [-0.2, 0) is 0 Å². The summed E-state index contributed by atoms with van der Waals surface area (Å²) >= 11 is 0. The summed E-state index contributed by atoms with van der Waals surface area (Å²) in [6, 6.07) is 10.9. The third-order valence-corrected chi connectivity index (χ3v) is 3.09. The van der Waals surface area contributed by atoms with Gasteiger partial charge in [0.25, 0.3) is 11.5 Å². The van der Waals surface area contributed by atoms with E-state index in [-0.39, 0.29) is 11.5 Å². The van der Waals surface area contributed by atoms with Crippen LogP contribution in [0.25, 0.3) is 11.1 Å². The molecule has 2 rings (SSSR count). The Labute approximate surface area is 123 Å². The first kappa shape index (κ1) is 15.0. The Morgan fingerprint density at radius 2 is 1.95 bits per heavy atom. The summed E-state index contributed by atoms with van der Waals surface area (Å²) in [6.45, 7) is 1.33. The highest BCUT2D eigenvalue weighted by Crippen LogP contribution is 2.15. The quantitative estimate of drug-likeness (QED) is 0.871. The van der Waals surface area contributed by atoms with Gasteiger partial charge >= 0.3 is 0 Å². The molecule has 21 heavy (non-hydrogen) atoms. The Bertz CT molecular complexity index is 663. The maximum absolute atomic E-state index is 12.1. The molecule has 1 aromatic heterocycles. The largest absolute Gasteiger partial charge is 0.351 e. The number of rotatable bonds is 5. The summed E-state index contributed by atoms with van der Waals surface area (Å²) in [5.41, 5.74) is 1.54. The molecule has 0 fully saturated rings. The average molecular weight is 285 g/mol. The number of hydrogen-bond acceptors (Lipinski definition) is 3. The lowest BCUT2D eigenvalue weighted by molar-refractivity contribution is 0.0950. The van der Waals surface area contributed by atoms with Gasteiger partial charge in [0.2, 0.25) is 0 Å². The molecule has 0 aliphatic rings. The molecule has 0 atom stereocenters. The van der Waals surface area contributed by atoms with Gasteiger partial charge in [-0.1, -0.05) is 30.3 Å². The molecule has 5 nitrogen and oxygen atoms in total. The second-order valence-corrected chi connectivity index (χ2v) is 5.06. The lowest BCUT2D eigenvalue weighted by Crippen LogP contribution is -2.31. The van der Waals surface area contributed by atoms with E-state index in [1.807, 2.05) is 49.3 Å². The predicted molar refractivity (Wildman–Crippen MR) is 83.4 cm³/mol. The van der Waals surface area contributed by atoms with Gasteiger partial charge in [-0.2, -0.15) is 0 Å². The van der Waals surface area contributed by atoms with Gasteiger partial charge in [-0.15, -0.1) is 0 Å². The van der Waals surface area contributed by atoms with E-state index in [2.05, 4.69) is 10.3 Å². The summed E-state index contributed by atoms with van der Waals surface area (Å²) in [5, 5.41) is 2.83. The van der Waals surface area contributed by atoms with Crippen LogP contribution >= 0.6 is 0 Å². The molecule has 2 aromatic rings. The number of carbonyl (C=O) groups is 1. The molecular weight excluding hydrogens is 266 g/mol. The standard InChI is InChI=1S/C16H19N3O2/c1-19(2)9-8-17-15(20)13-10-14(16(21)18-11-13)12-6-4-3-5-7-12/h3-7,10-11H,8-9H2,1-2H3,(H,17,20)(H,18,21). The zero-order valence-electron chi connectivity index (χ0n) is 12.2. The van der Waals surface area contributed by atoms with Crippen molar-refractivity contribution in [1.29, 1.82) is 0 Å². The van der Waals surface area contributed by atoms with E-state index in [0.717, 1.165) is 12.1 Å². The smallest absolute Gasteiger partial charge is 0.255 e. The van der Waals surface area contributed by atoms with E-state index in [0.29, 0.717) is 17.7 Å². The maximum atomic E-state index is 12.1. The van der Waals surface area contributed by atoms with Crippen molar-refractivity contribution in [3.8, 4) is 11.1 Å². The molecule has 2 N–H and O–H groups in total. The topological polar surface area (TPSA) is 65.2 Å². The number of nitrogens with zero attached hydrogens (tertiary/aromatic N) is 1. The van der Waals surface area contributed by atoms with Gasteiger partial charge in [0.15, 0.2) is 0 Å². The number of aromatic amines is 1. The van der Waals surface area contributed by atoms with E-state index in [9.17, 15) is 9.59 Å². The van der Waals surface area contributed by atoms with Crippen LogP contribution in [0.4, 0.5) is 0 Å². The molecule has 110 valence electrons. The first-order chi connectivity index (χ1) is 10.1. The maximum Gasteiger partial charge on any atom is 0.255 e. The lowest BCUT2D eigenvalue weighted by atomic mass is 10.1. The molecule has 0 radical (unpaired) electrons. The molecule has 0 bridgehead atoms. The van der Waals surface area contributed by atoms with Crippen molar-refractivity contribution >= 4 is 5.91 Å². The Balaban J connectivity index is 2.19. The third-order valence-electron chi connectivity index (χ3n) is 3.09. The number of H-pyrrole nitrogens is 1. The van der Waals surface area contributed by atoms with Crippen molar-refractivity contribution in [2.75, 3.05) is 27.2 Å². The number of nitrogens with one attached hydrogen (secondary N) is 2. The second-order valence-electron chi connectivity index (χ2n) is 5.06. The zero-order valence-corrected chi connectivity index (χ0v) is 12.2. The monoisotopic (exact) mass is 285 g/mol. The van der Waals surface area contributed by atoms with E-state index in [1.54, 1.807) is 6.07 Å². The molecule has 0 aliphatic heterocycles. The summed E-state index contributed by atoms with van der Waals surface area (Å²) in [6.07, 6.45) is 1.44. The molecular formula is C16H19N3O2. The van der Waals surface area contributed by atoms with E-state index in [1.165, 1.54) is 6.20 Å². The molecule has 5 heteroatoms. The zero-order chi connectivity index (χ0) is 15.2. The van der Waals surface area contributed by atoms with Crippen molar-refractivity contribution in [2.45, 2.75) is 0 Å². The number of benzene rings is 1. The normalized spacial score (nSPS) is 10.6. The van der Waals surface area contributed by atoms with Crippen molar-refractivity contribution in [3.05, 3.63) is 58.5 Å². The number of hydrogen-bond donors (Lipinski definition) is 2. The fraction of sp³-hybridized carbons (Fsp3) is 0.250. The Kier molecular flexibility index (Phi) is 4.90. The fourth-order valence-electron chi connectivity index (χ4n) is 1.94.